The first-order valence-corrected chi connectivity index (χ1v) is 5.76. The maximum absolute atomic E-state index is 4.95. The SMILES string of the molecule is COCCNCCC=Cc1ccccc1C. The van der Waals surface area contributed by atoms with E-state index in [-0.39, 0.29) is 0 Å². The third kappa shape index (κ3) is 5.10. The first-order valence-electron chi connectivity index (χ1n) is 5.76. The lowest BCUT2D eigenvalue weighted by molar-refractivity contribution is 0.199. The van der Waals surface area contributed by atoms with Gasteiger partial charge in [0.15, 0.2) is 0 Å². The largest absolute Gasteiger partial charge is 0.383 e. The van der Waals surface area contributed by atoms with Crippen molar-refractivity contribution in [2.75, 3.05) is 26.8 Å². The first kappa shape index (κ1) is 12.9. The van der Waals surface area contributed by atoms with E-state index in [0.717, 1.165) is 26.1 Å². The minimum atomic E-state index is 0.779. The van der Waals surface area contributed by atoms with Gasteiger partial charge in [-0.25, -0.2) is 0 Å². The van der Waals surface area contributed by atoms with Crippen LogP contribution in [0.3, 0.4) is 0 Å². The molecule has 1 aromatic carbocycles. The van der Waals surface area contributed by atoms with Crippen molar-refractivity contribution in [1.29, 1.82) is 0 Å². The molecule has 0 saturated heterocycles. The van der Waals surface area contributed by atoms with Crippen LogP contribution >= 0.6 is 0 Å². The molecule has 0 fully saturated rings. The Bertz CT molecular complexity index is 320. The Morgan fingerprint density at radius 1 is 1.25 bits per heavy atom. The van der Waals surface area contributed by atoms with Gasteiger partial charge in [0.1, 0.15) is 0 Å². The molecular formula is C14H21NO. The molecule has 0 aliphatic carbocycles. The van der Waals surface area contributed by atoms with E-state index in [4.69, 9.17) is 4.74 Å². The van der Waals surface area contributed by atoms with Crippen LogP contribution in [0.5, 0.6) is 0 Å². The summed E-state index contributed by atoms with van der Waals surface area (Å²) in [5.74, 6) is 0. The Labute approximate surface area is 98.3 Å². The average Bonchev–Trinajstić information content (AvgIpc) is 2.30. The topological polar surface area (TPSA) is 21.3 Å². The second-order valence-electron chi connectivity index (χ2n) is 3.79. The van der Waals surface area contributed by atoms with E-state index in [9.17, 15) is 0 Å². The molecule has 1 N–H and O–H groups in total. The van der Waals surface area contributed by atoms with Gasteiger partial charge in [-0.3, -0.25) is 0 Å². The fourth-order valence-electron chi connectivity index (χ4n) is 1.47. The monoisotopic (exact) mass is 219 g/mol. The van der Waals surface area contributed by atoms with Gasteiger partial charge in [-0.2, -0.15) is 0 Å². The Kier molecular flexibility index (Phi) is 6.54. The Hall–Kier alpha value is -1.12. The molecule has 0 unspecified atom stereocenters. The van der Waals surface area contributed by atoms with E-state index in [0.29, 0.717) is 0 Å². The molecule has 0 aromatic heterocycles. The van der Waals surface area contributed by atoms with Crippen LogP contribution in [-0.2, 0) is 4.74 Å². The molecule has 0 saturated carbocycles. The van der Waals surface area contributed by atoms with Gasteiger partial charge >= 0.3 is 0 Å². The first-order chi connectivity index (χ1) is 7.84. The van der Waals surface area contributed by atoms with Crippen molar-refractivity contribution in [2.45, 2.75) is 13.3 Å². The number of benzene rings is 1. The molecule has 0 spiro atoms. The Morgan fingerprint density at radius 2 is 2.06 bits per heavy atom. The summed E-state index contributed by atoms with van der Waals surface area (Å²) in [6.45, 7) is 4.85. The van der Waals surface area contributed by atoms with E-state index >= 15 is 0 Å². The highest BCUT2D eigenvalue weighted by molar-refractivity contribution is 5.53. The minimum absolute atomic E-state index is 0.779. The molecule has 2 nitrogen and oxygen atoms in total. The van der Waals surface area contributed by atoms with Gasteiger partial charge in [0.05, 0.1) is 6.61 Å². The number of methoxy groups -OCH3 is 1. The third-order valence-electron chi connectivity index (χ3n) is 2.46. The zero-order valence-electron chi connectivity index (χ0n) is 10.2. The van der Waals surface area contributed by atoms with Crippen LogP contribution in [0.15, 0.2) is 30.3 Å². The molecule has 0 amide bonds. The van der Waals surface area contributed by atoms with Crippen molar-refractivity contribution in [2.24, 2.45) is 0 Å². The molecule has 0 aliphatic rings. The maximum atomic E-state index is 4.95. The standard InChI is InChI=1S/C14H21NO/c1-13-7-3-4-8-14(13)9-5-6-10-15-11-12-16-2/h3-5,7-9,15H,6,10-12H2,1-2H3. The number of aryl methyl sites for hydroxylation is 1. The highest BCUT2D eigenvalue weighted by atomic mass is 16.5. The smallest absolute Gasteiger partial charge is 0.0587 e. The van der Waals surface area contributed by atoms with Gasteiger partial charge < -0.3 is 10.1 Å². The van der Waals surface area contributed by atoms with Crippen molar-refractivity contribution in [1.82, 2.24) is 5.32 Å². The van der Waals surface area contributed by atoms with Crippen molar-refractivity contribution < 1.29 is 4.74 Å². The summed E-state index contributed by atoms with van der Waals surface area (Å²) in [4.78, 5) is 0. The van der Waals surface area contributed by atoms with E-state index in [2.05, 4.69) is 48.7 Å². The lowest BCUT2D eigenvalue weighted by Gasteiger charge is -2.01. The molecule has 88 valence electrons. The van der Waals surface area contributed by atoms with Gasteiger partial charge in [-0.1, -0.05) is 36.4 Å². The van der Waals surface area contributed by atoms with E-state index < -0.39 is 0 Å². The molecule has 1 aromatic rings. The fourth-order valence-corrected chi connectivity index (χ4v) is 1.47. The van der Waals surface area contributed by atoms with Gasteiger partial charge in [0, 0.05) is 13.7 Å². The number of hydrogen-bond acceptors (Lipinski definition) is 2. The van der Waals surface area contributed by atoms with Crippen molar-refractivity contribution >= 4 is 6.08 Å². The van der Waals surface area contributed by atoms with Crippen LogP contribution in [-0.4, -0.2) is 26.8 Å². The lowest BCUT2D eigenvalue weighted by atomic mass is 10.1. The van der Waals surface area contributed by atoms with Crippen molar-refractivity contribution in [3.05, 3.63) is 41.5 Å². The Morgan fingerprint density at radius 3 is 2.81 bits per heavy atom. The predicted molar refractivity (Wildman–Crippen MR) is 69.6 cm³/mol. The molecule has 0 atom stereocenters. The summed E-state index contributed by atoms with van der Waals surface area (Å²) < 4.78 is 4.95. The summed E-state index contributed by atoms with van der Waals surface area (Å²) in [7, 11) is 1.72. The van der Waals surface area contributed by atoms with Crippen LogP contribution in [0.25, 0.3) is 6.08 Å². The number of hydrogen-bond donors (Lipinski definition) is 1. The highest BCUT2D eigenvalue weighted by Gasteiger charge is 1.90. The molecular weight excluding hydrogens is 198 g/mol. The summed E-state index contributed by atoms with van der Waals surface area (Å²) in [5, 5.41) is 3.31. The van der Waals surface area contributed by atoms with E-state index in [1.54, 1.807) is 7.11 Å². The quantitative estimate of drug-likeness (QED) is 0.712. The molecule has 0 heterocycles. The van der Waals surface area contributed by atoms with Crippen LogP contribution in [0.1, 0.15) is 17.5 Å². The van der Waals surface area contributed by atoms with Crippen molar-refractivity contribution in [3.63, 3.8) is 0 Å². The zero-order valence-corrected chi connectivity index (χ0v) is 10.2. The molecule has 16 heavy (non-hydrogen) atoms. The normalized spacial score (nSPS) is 11.1. The average molecular weight is 219 g/mol. The molecule has 2 heteroatoms. The second-order valence-corrected chi connectivity index (χ2v) is 3.79. The lowest BCUT2D eigenvalue weighted by Crippen LogP contribution is -2.19. The molecule has 0 radical (unpaired) electrons. The van der Waals surface area contributed by atoms with Crippen LogP contribution in [0.2, 0.25) is 0 Å². The van der Waals surface area contributed by atoms with E-state index in [1.807, 2.05) is 0 Å². The number of nitrogens with one attached hydrogen (secondary N) is 1. The summed E-state index contributed by atoms with van der Waals surface area (Å²) >= 11 is 0. The summed E-state index contributed by atoms with van der Waals surface area (Å²) in [5.41, 5.74) is 2.63. The van der Waals surface area contributed by atoms with Gasteiger partial charge in [-0.15, -0.1) is 0 Å². The summed E-state index contributed by atoms with van der Waals surface area (Å²) in [6.07, 6.45) is 5.45. The minimum Gasteiger partial charge on any atom is -0.383 e. The fraction of sp³-hybridized carbons (Fsp3) is 0.429. The van der Waals surface area contributed by atoms with Gasteiger partial charge in [-0.05, 0) is 31.0 Å². The van der Waals surface area contributed by atoms with Gasteiger partial charge in [0.25, 0.3) is 0 Å². The zero-order chi connectivity index (χ0) is 11.6. The maximum Gasteiger partial charge on any atom is 0.0587 e. The van der Waals surface area contributed by atoms with Crippen LogP contribution < -0.4 is 5.32 Å². The summed E-state index contributed by atoms with van der Waals surface area (Å²) in [6, 6.07) is 8.42. The molecule has 1 rings (SSSR count). The highest BCUT2D eigenvalue weighted by Crippen LogP contribution is 2.08. The third-order valence-corrected chi connectivity index (χ3v) is 2.46. The van der Waals surface area contributed by atoms with Gasteiger partial charge in [0.2, 0.25) is 0 Å². The predicted octanol–water partition coefficient (Wildman–Crippen LogP) is 2.63. The van der Waals surface area contributed by atoms with E-state index in [1.165, 1.54) is 11.1 Å². The molecule has 0 bridgehead atoms. The van der Waals surface area contributed by atoms with Crippen LogP contribution in [0.4, 0.5) is 0 Å². The van der Waals surface area contributed by atoms with Crippen molar-refractivity contribution in [3.8, 4) is 0 Å². The van der Waals surface area contributed by atoms with Crippen LogP contribution in [0, 0.1) is 6.92 Å². The second kappa shape index (κ2) is 8.08. The number of rotatable bonds is 7. The Balaban J connectivity index is 2.20. The molecule has 0 aliphatic heterocycles. The number of ether oxygens (including phenoxy) is 1.